The average molecular weight is 444 g/mol. The van der Waals surface area contributed by atoms with Crippen LogP contribution in [0.1, 0.15) is 112 Å². The van der Waals surface area contributed by atoms with Crippen LogP contribution in [0.2, 0.25) is 0 Å². The van der Waals surface area contributed by atoms with Crippen LogP contribution in [-0.2, 0) is 9.53 Å². The Hall–Kier alpha value is -0.570. The van der Waals surface area contributed by atoms with Gasteiger partial charge < -0.3 is 10.1 Å². The first kappa shape index (κ1) is 23.2. The fourth-order valence-corrected chi connectivity index (χ4v) is 10.4. The monoisotopic (exact) mass is 443 g/mol. The summed E-state index contributed by atoms with van der Waals surface area (Å²) >= 11 is 0. The first-order valence-corrected chi connectivity index (χ1v) is 14.0. The highest BCUT2D eigenvalue weighted by molar-refractivity contribution is 5.87. The first-order valence-electron chi connectivity index (χ1n) is 14.0. The van der Waals surface area contributed by atoms with Crippen molar-refractivity contribution in [2.45, 2.75) is 117 Å². The Morgan fingerprint density at radius 1 is 0.969 bits per heavy atom. The molecule has 5 aliphatic rings. The van der Waals surface area contributed by atoms with Crippen molar-refractivity contribution < 1.29 is 9.53 Å². The summed E-state index contributed by atoms with van der Waals surface area (Å²) < 4.78 is 5.91. The minimum atomic E-state index is -0.378. The SMILES string of the molecule is CO[C@]12CC[C@]3(C)[C@H]4CC[C@]5(C)[C@@H]([C@H](C)CCCC(C)C)CC[C@H]5[C@@H]4CC[C@@]3(C1)C(=O)N2. The fraction of sp³-hybridized carbons (Fsp3) is 0.966. The lowest BCUT2D eigenvalue weighted by molar-refractivity contribution is -0.182. The number of fused-ring (bicyclic) bond motifs is 5. The van der Waals surface area contributed by atoms with E-state index in [1.807, 2.05) is 0 Å². The van der Waals surface area contributed by atoms with Gasteiger partial charge in [-0.05, 0) is 97.7 Å². The van der Waals surface area contributed by atoms with E-state index in [0.717, 1.165) is 61.2 Å². The molecule has 1 N–H and O–H groups in total. The van der Waals surface area contributed by atoms with E-state index in [-0.39, 0.29) is 16.6 Å². The maximum atomic E-state index is 13.4. The van der Waals surface area contributed by atoms with Gasteiger partial charge in [-0.1, -0.05) is 53.9 Å². The molecule has 0 aromatic heterocycles. The van der Waals surface area contributed by atoms with Gasteiger partial charge >= 0.3 is 0 Å². The molecule has 3 heteroatoms. The van der Waals surface area contributed by atoms with Crippen LogP contribution < -0.4 is 5.32 Å². The number of rotatable bonds is 6. The topological polar surface area (TPSA) is 38.3 Å². The van der Waals surface area contributed by atoms with E-state index in [1.54, 1.807) is 7.11 Å². The molecule has 1 amide bonds. The third-order valence-corrected chi connectivity index (χ3v) is 12.3. The zero-order chi connectivity index (χ0) is 22.9. The molecule has 9 atom stereocenters. The van der Waals surface area contributed by atoms with Crippen molar-refractivity contribution in [1.29, 1.82) is 0 Å². The minimum absolute atomic E-state index is 0.154. The second-order valence-corrected chi connectivity index (χ2v) is 13.8. The minimum Gasteiger partial charge on any atom is -0.359 e. The number of nitrogens with one attached hydrogen (secondary N) is 1. The van der Waals surface area contributed by atoms with Crippen LogP contribution in [0.3, 0.4) is 0 Å². The van der Waals surface area contributed by atoms with Gasteiger partial charge in [0.2, 0.25) is 5.91 Å². The van der Waals surface area contributed by atoms with Crippen molar-refractivity contribution >= 4 is 5.91 Å². The molecule has 5 fully saturated rings. The van der Waals surface area contributed by atoms with E-state index in [1.165, 1.54) is 51.4 Å². The van der Waals surface area contributed by atoms with Gasteiger partial charge in [0, 0.05) is 13.5 Å². The smallest absolute Gasteiger partial charge is 0.229 e. The summed E-state index contributed by atoms with van der Waals surface area (Å²) in [7, 11) is 1.79. The molecule has 0 aromatic rings. The molecule has 1 saturated heterocycles. The molecule has 2 bridgehead atoms. The standard InChI is InChI=1S/C29H49NO2/c1-19(2)8-7-9-20(3)22-10-11-23-21-12-15-28-18-29(32-6,30-25(28)31)17-16-27(28,5)24(21)13-14-26(22,23)4/h19-24H,7-18H2,1-6H3,(H,30,31)/t20-,21+,22-,23+,24+,26-,27-,28-,29-/m1/s1. The number of hydrogen-bond acceptors (Lipinski definition) is 2. The zero-order valence-corrected chi connectivity index (χ0v) is 21.8. The Labute approximate surface area is 197 Å². The molecular formula is C29H49NO2. The number of carbonyl (C=O) groups is 1. The Kier molecular flexibility index (Phi) is 5.59. The second-order valence-electron chi connectivity index (χ2n) is 13.8. The summed E-state index contributed by atoms with van der Waals surface area (Å²) in [5.74, 6) is 5.36. The van der Waals surface area contributed by atoms with Crippen molar-refractivity contribution in [3.05, 3.63) is 0 Å². The molecule has 0 aromatic carbocycles. The van der Waals surface area contributed by atoms with E-state index in [9.17, 15) is 4.79 Å². The molecule has 4 aliphatic carbocycles. The second kappa shape index (κ2) is 7.72. The zero-order valence-electron chi connectivity index (χ0n) is 21.8. The molecule has 4 saturated carbocycles. The van der Waals surface area contributed by atoms with Gasteiger partial charge in [-0.3, -0.25) is 4.79 Å². The highest BCUT2D eigenvalue weighted by Gasteiger charge is 2.72. The summed E-state index contributed by atoms with van der Waals surface area (Å²) in [5, 5.41) is 3.33. The van der Waals surface area contributed by atoms with Crippen molar-refractivity contribution in [1.82, 2.24) is 5.32 Å². The van der Waals surface area contributed by atoms with Crippen molar-refractivity contribution in [3.8, 4) is 0 Å². The van der Waals surface area contributed by atoms with Gasteiger partial charge in [-0.2, -0.15) is 0 Å². The predicted molar refractivity (Wildman–Crippen MR) is 130 cm³/mol. The summed E-state index contributed by atoms with van der Waals surface area (Å²) in [6, 6.07) is 0. The Balaban J connectivity index is 1.36. The van der Waals surface area contributed by atoms with Crippen molar-refractivity contribution in [3.63, 3.8) is 0 Å². The predicted octanol–water partition coefficient (Wildman–Crippen LogP) is 6.95. The van der Waals surface area contributed by atoms with E-state index in [4.69, 9.17) is 4.74 Å². The van der Waals surface area contributed by atoms with Crippen molar-refractivity contribution in [2.75, 3.05) is 7.11 Å². The third-order valence-electron chi connectivity index (χ3n) is 12.3. The largest absolute Gasteiger partial charge is 0.359 e. The Bertz CT molecular complexity index is 749. The molecule has 1 spiro atoms. The summed E-state index contributed by atoms with van der Waals surface area (Å²) in [6.45, 7) is 12.5. The van der Waals surface area contributed by atoms with Gasteiger partial charge in [0.1, 0.15) is 5.72 Å². The van der Waals surface area contributed by atoms with Crippen LogP contribution in [0, 0.1) is 51.8 Å². The molecule has 0 radical (unpaired) electrons. The van der Waals surface area contributed by atoms with E-state index < -0.39 is 0 Å². The van der Waals surface area contributed by atoms with Crippen LogP contribution in [-0.4, -0.2) is 18.7 Å². The maximum absolute atomic E-state index is 13.4. The summed E-state index contributed by atoms with van der Waals surface area (Å²) in [4.78, 5) is 13.4. The third kappa shape index (κ3) is 3.04. The highest BCUT2D eigenvalue weighted by atomic mass is 16.5. The molecule has 1 heterocycles. The molecule has 1 aliphatic heterocycles. The average Bonchev–Trinajstić information content (AvgIpc) is 3.22. The fourth-order valence-electron chi connectivity index (χ4n) is 10.4. The summed E-state index contributed by atoms with van der Waals surface area (Å²) in [5.41, 5.74) is 0.123. The van der Waals surface area contributed by atoms with Crippen LogP contribution in [0.5, 0.6) is 0 Å². The van der Waals surface area contributed by atoms with Crippen molar-refractivity contribution in [2.24, 2.45) is 51.8 Å². The Morgan fingerprint density at radius 2 is 1.75 bits per heavy atom. The van der Waals surface area contributed by atoms with Gasteiger partial charge in [-0.15, -0.1) is 0 Å². The van der Waals surface area contributed by atoms with Crippen LogP contribution in [0.25, 0.3) is 0 Å². The van der Waals surface area contributed by atoms with Crippen LogP contribution in [0.4, 0.5) is 0 Å². The molecule has 3 nitrogen and oxygen atoms in total. The molecule has 182 valence electrons. The normalized spacial score (nSPS) is 50.5. The summed E-state index contributed by atoms with van der Waals surface area (Å²) in [6.07, 6.45) is 15.2. The molecule has 5 rings (SSSR count). The first-order chi connectivity index (χ1) is 15.1. The van der Waals surface area contributed by atoms with E-state index in [0.29, 0.717) is 11.3 Å². The molecule has 0 unspecified atom stereocenters. The molecular weight excluding hydrogens is 394 g/mol. The van der Waals surface area contributed by atoms with E-state index in [2.05, 4.69) is 39.9 Å². The maximum Gasteiger partial charge on any atom is 0.229 e. The van der Waals surface area contributed by atoms with Gasteiger partial charge in [0.05, 0.1) is 5.41 Å². The lowest BCUT2D eigenvalue weighted by atomic mass is 9.40. The number of ether oxygens (including phenoxy) is 1. The highest BCUT2D eigenvalue weighted by Crippen LogP contribution is 2.73. The quantitative estimate of drug-likeness (QED) is 0.482. The van der Waals surface area contributed by atoms with Gasteiger partial charge in [0.25, 0.3) is 0 Å². The lowest BCUT2D eigenvalue weighted by Gasteiger charge is -2.63. The Morgan fingerprint density at radius 3 is 2.47 bits per heavy atom. The van der Waals surface area contributed by atoms with E-state index >= 15 is 0 Å². The number of amides is 1. The lowest BCUT2D eigenvalue weighted by Crippen LogP contribution is -2.60. The number of hydrogen-bond donors (Lipinski definition) is 1. The van der Waals surface area contributed by atoms with Crippen LogP contribution in [0.15, 0.2) is 0 Å². The number of methoxy groups -OCH3 is 1. The van der Waals surface area contributed by atoms with Gasteiger partial charge in [0.15, 0.2) is 0 Å². The van der Waals surface area contributed by atoms with Crippen LogP contribution >= 0.6 is 0 Å². The van der Waals surface area contributed by atoms with Gasteiger partial charge in [-0.25, -0.2) is 0 Å². The number of carbonyl (C=O) groups excluding carboxylic acids is 1. The molecule has 32 heavy (non-hydrogen) atoms.